The van der Waals surface area contributed by atoms with Crippen molar-refractivity contribution < 1.29 is 0 Å². The fourth-order valence-corrected chi connectivity index (χ4v) is 1.23. The standard InChI is InChI=1S/C6H11N3/c7-6-8-3-4-9(6)5-1-2-5/h5H,1-4H2,(H2,7,8). The SMILES string of the molecule is NC1=NCCN1C1CC1. The lowest BCUT2D eigenvalue weighted by molar-refractivity contribution is 0.444. The van der Waals surface area contributed by atoms with E-state index in [2.05, 4.69) is 9.89 Å². The van der Waals surface area contributed by atoms with Crippen LogP contribution in [0.25, 0.3) is 0 Å². The summed E-state index contributed by atoms with van der Waals surface area (Å²) in [5.41, 5.74) is 5.60. The summed E-state index contributed by atoms with van der Waals surface area (Å²) >= 11 is 0. The van der Waals surface area contributed by atoms with Gasteiger partial charge in [-0.1, -0.05) is 0 Å². The molecular formula is C6H11N3. The molecule has 50 valence electrons. The Morgan fingerprint density at radius 3 is 2.78 bits per heavy atom. The Bertz CT molecular complexity index is 148. The largest absolute Gasteiger partial charge is 0.370 e. The first kappa shape index (κ1) is 5.09. The van der Waals surface area contributed by atoms with Crippen LogP contribution in [-0.2, 0) is 0 Å². The molecule has 1 aliphatic heterocycles. The highest BCUT2D eigenvalue weighted by Gasteiger charge is 2.31. The van der Waals surface area contributed by atoms with Crippen LogP contribution in [0.2, 0.25) is 0 Å². The normalized spacial score (nSPS) is 26.7. The Labute approximate surface area is 54.5 Å². The summed E-state index contributed by atoms with van der Waals surface area (Å²) in [6.07, 6.45) is 2.63. The van der Waals surface area contributed by atoms with E-state index < -0.39 is 0 Å². The van der Waals surface area contributed by atoms with Gasteiger partial charge >= 0.3 is 0 Å². The Balaban J connectivity index is 2.03. The van der Waals surface area contributed by atoms with E-state index in [1.54, 1.807) is 0 Å². The van der Waals surface area contributed by atoms with Crippen molar-refractivity contribution >= 4 is 5.96 Å². The van der Waals surface area contributed by atoms with E-state index in [9.17, 15) is 0 Å². The van der Waals surface area contributed by atoms with Gasteiger partial charge in [0, 0.05) is 12.6 Å². The molecule has 0 unspecified atom stereocenters. The fraction of sp³-hybridized carbons (Fsp3) is 0.833. The lowest BCUT2D eigenvalue weighted by Gasteiger charge is -2.15. The van der Waals surface area contributed by atoms with E-state index in [4.69, 9.17) is 5.73 Å². The quantitative estimate of drug-likeness (QED) is 0.526. The second-order valence-corrected chi connectivity index (χ2v) is 2.66. The third-order valence-electron chi connectivity index (χ3n) is 1.90. The van der Waals surface area contributed by atoms with Crippen LogP contribution in [0.15, 0.2) is 4.99 Å². The third kappa shape index (κ3) is 0.763. The van der Waals surface area contributed by atoms with Crippen LogP contribution < -0.4 is 5.73 Å². The molecule has 0 amide bonds. The highest BCUT2D eigenvalue weighted by molar-refractivity contribution is 5.80. The van der Waals surface area contributed by atoms with Gasteiger partial charge in [-0.25, -0.2) is 0 Å². The van der Waals surface area contributed by atoms with Crippen LogP contribution in [0.5, 0.6) is 0 Å². The molecule has 1 saturated carbocycles. The van der Waals surface area contributed by atoms with Gasteiger partial charge < -0.3 is 10.6 Å². The van der Waals surface area contributed by atoms with Crippen LogP contribution in [0.3, 0.4) is 0 Å². The van der Waals surface area contributed by atoms with Crippen molar-refractivity contribution in [2.75, 3.05) is 13.1 Å². The fourth-order valence-electron chi connectivity index (χ4n) is 1.23. The van der Waals surface area contributed by atoms with Gasteiger partial charge in [0.2, 0.25) is 0 Å². The molecule has 9 heavy (non-hydrogen) atoms. The summed E-state index contributed by atoms with van der Waals surface area (Å²) in [5.74, 6) is 0.762. The minimum absolute atomic E-state index is 0.747. The first-order chi connectivity index (χ1) is 4.38. The first-order valence-corrected chi connectivity index (χ1v) is 3.44. The maximum Gasteiger partial charge on any atom is 0.191 e. The molecule has 0 aromatic heterocycles. The Morgan fingerprint density at radius 1 is 1.56 bits per heavy atom. The molecule has 1 aliphatic carbocycles. The molecule has 2 rings (SSSR count). The zero-order valence-electron chi connectivity index (χ0n) is 5.38. The van der Waals surface area contributed by atoms with E-state index in [-0.39, 0.29) is 0 Å². The Kier molecular flexibility index (Phi) is 0.917. The van der Waals surface area contributed by atoms with Crippen LogP contribution in [0, 0.1) is 0 Å². The molecule has 1 fully saturated rings. The van der Waals surface area contributed by atoms with Crippen molar-refractivity contribution in [3.05, 3.63) is 0 Å². The van der Waals surface area contributed by atoms with Crippen LogP contribution in [0.1, 0.15) is 12.8 Å². The molecule has 0 radical (unpaired) electrons. The monoisotopic (exact) mass is 125 g/mol. The van der Waals surface area contributed by atoms with Crippen molar-refractivity contribution in [3.63, 3.8) is 0 Å². The molecule has 0 spiro atoms. The lowest BCUT2D eigenvalue weighted by atomic mass is 10.5. The summed E-state index contributed by atoms with van der Waals surface area (Å²) < 4.78 is 0. The van der Waals surface area contributed by atoms with Crippen LogP contribution >= 0.6 is 0 Å². The van der Waals surface area contributed by atoms with E-state index in [0.29, 0.717) is 0 Å². The minimum Gasteiger partial charge on any atom is -0.370 e. The van der Waals surface area contributed by atoms with Gasteiger partial charge in [-0.05, 0) is 12.8 Å². The molecule has 2 aliphatic rings. The van der Waals surface area contributed by atoms with Gasteiger partial charge in [0.05, 0.1) is 6.54 Å². The van der Waals surface area contributed by atoms with Gasteiger partial charge in [-0.2, -0.15) is 0 Å². The molecule has 2 N–H and O–H groups in total. The third-order valence-corrected chi connectivity index (χ3v) is 1.90. The Morgan fingerprint density at radius 2 is 2.33 bits per heavy atom. The molecule has 3 heteroatoms. The summed E-state index contributed by atoms with van der Waals surface area (Å²) in [6, 6.07) is 0.747. The summed E-state index contributed by atoms with van der Waals surface area (Å²) in [5, 5.41) is 0. The number of nitrogens with two attached hydrogens (primary N) is 1. The van der Waals surface area contributed by atoms with Crippen LogP contribution in [-0.4, -0.2) is 30.0 Å². The Hall–Kier alpha value is -0.730. The van der Waals surface area contributed by atoms with Gasteiger partial charge in [-0.3, -0.25) is 4.99 Å². The average Bonchev–Trinajstić information content (AvgIpc) is 2.58. The minimum atomic E-state index is 0.747. The number of nitrogens with zero attached hydrogens (tertiary/aromatic N) is 2. The predicted octanol–water partition coefficient (Wildman–Crippen LogP) is -0.221. The van der Waals surface area contributed by atoms with E-state index in [1.165, 1.54) is 12.8 Å². The number of hydrogen-bond donors (Lipinski definition) is 1. The molecule has 0 bridgehead atoms. The van der Waals surface area contributed by atoms with Crippen molar-refractivity contribution in [1.29, 1.82) is 0 Å². The predicted molar refractivity (Wildman–Crippen MR) is 36.2 cm³/mol. The smallest absolute Gasteiger partial charge is 0.191 e. The molecule has 1 heterocycles. The first-order valence-electron chi connectivity index (χ1n) is 3.44. The van der Waals surface area contributed by atoms with E-state index in [1.807, 2.05) is 0 Å². The second kappa shape index (κ2) is 1.62. The van der Waals surface area contributed by atoms with Crippen molar-refractivity contribution in [3.8, 4) is 0 Å². The van der Waals surface area contributed by atoms with Crippen molar-refractivity contribution in [2.45, 2.75) is 18.9 Å². The summed E-state index contributed by atoms with van der Waals surface area (Å²) in [6.45, 7) is 1.96. The molecule has 0 aromatic rings. The summed E-state index contributed by atoms with van der Waals surface area (Å²) in [4.78, 5) is 6.31. The van der Waals surface area contributed by atoms with Gasteiger partial charge in [-0.15, -0.1) is 0 Å². The zero-order chi connectivity index (χ0) is 6.27. The van der Waals surface area contributed by atoms with Crippen molar-refractivity contribution in [2.24, 2.45) is 10.7 Å². The lowest BCUT2D eigenvalue weighted by Crippen LogP contribution is -2.35. The zero-order valence-corrected chi connectivity index (χ0v) is 5.38. The highest BCUT2D eigenvalue weighted by atomic mass is 15.3. The summed E-state index contributed by atoms with van der Waals surface area (Å²) in [7, 11) is 0. The van der Waals surface area contributed by atoms with Gasteiger partial charge in [0.25, 0.3) is 0 Å². The number of guanidine groups is 1. The number of hydrogen-bond acceptors (Lipinski definition) is 3. The molecular weight excluding hydrogens is 114 g/mol. The average molecular weight is 125 g/mol. The number of aliphatic imine (C=N–C) groups is 1. The maximum absolute atomic E-state index is 5.60. The molecule has 3 nitrogen and oxygen atoms in total. The topological polar surface area (TPSA) is 41.6 Å². The van der Waals surface area contributed by atoms with Gasteiger partial charge in [0.1, 0.15) is 0 Å². The maximum atomic E-state index is 5.60. The molecule has 0 aromatic carbocycles. The van der Waals surface area contributed by atoms with Crippen LogP contribution in [0.4, 0.5) is 0 Å². The number of rotatable bonds is 1. The van der Waals surface area contributed by atoms with E-state index in [0.717, 1.165) is 25.1 Å². The second-order valence-electron chi connectivity index (χ2n) is 2.66. The molecule has 0 saturated heterocycles. The highest BCUT2D eigenvalue weighted by Crippen LogP contribution is 2.27. The van der Waals surface area contributed by atoms with Crippen molar-refractivity contribution in [1.82, 2.24) is 4.90 Å². The van der Waals surface area contributed by atoms with E-state index >= 15 is 0 Å². The van der Waals surface area contributed by atoms with Gasteiger partial charge in [0.15, 0.2) is 5.96 Å². The molecule has 0 atom stereocenters.